The van der Waals surface area contributed by atoms with Crippen LogP contribution in [0.1, 0.15) is 26.7 Å². The van der Waals surface area contributed by atoms with Crippen molar-refractivity contribution in [2.45, 2.75) is 26.7 Å². The standard InChI is InChI=1S/C7H11N/c1-3-8-6(2)7-4-5-7/h3H,4-5H2,1-2H3. The fourth-order valence-electron chi connectivity index (χ4n) is 0.709. The van der Waals surface area contributed by atoms with Crippen LogP contribution < -0.4 is 0 Å². The average molecular weight is 109 g/mol. The van der Waals surface area contributed by atoms with Crippen molar-refractivity contribution in [2.75, 3.05) is 0 Å². The number of allylic oxidation sites excluding steroid dienone is 2. The van der Waals surface area contributed by atoms with E-state index in [0.717, 1.165) is 0 Å². The van der Waals surface area contributed by atoms with Gasteiger partial charge in [-0.25, -0.2) is 0 Å². The topological polar surface area (TPSA) is 12.4 Å². The molecule has 0 spiro atoms. The molecule has 0 amide bonds. The van der Waals surface area contributed by atoms with Gasteiger partial charge in [-0.1, -0.05) is 0 Å². The zero-order valence-electron chi connectivity index (χ0n) is 5.44. The number of rotatable bonds is 1. The van der Waals surface area contributed by atoms with Crippen LogP contribution in [0.15, 0.2) is 16.3 Å². The van der Waals surface area contributed by atoms with E-state index < -0.39 is 0 Å². The first-order valence-electron chi connectivity index (χ1n) is 3.02. The van der Waals surface area contributed by atoms with E-state index in [1.807, 2.05) is 13.1 Å². The summed E-state index contributed by atoms with van der Waals surface area (Å²) in [6.45, 7) is 4.02. The highest BCUT2D eigenvalue weighted by molar-refractivity contribution is 5.55. The van der Waals surface area contributed by atoms with E-state index in [4.69, 9.17) is 0 Å². The fourth-order valence-corrected chi connectivity index (χ4v) is 0.709. The Morgan fingerprint density at radius 3 is 2.62 bits per heavy atom. The first-order valence-corrected chi connectivity index (χ1v) is 3.02. The van der Waals surface area contributed by atoms with Crippen molar-refractivity contribution in [3.8, 4) is 0 Å². The maximum Gasteiger partial charge on any atom is 0.0360 e. The minimum atomic E-state index is 1.23. The number of aliphatic imine (C=N–C) groups is 1. The van der Waals surface area contributed by atoms with Crippen molar-refractivity contribution in [3.63, 3.8) is 0 Å². The molecule has 8 heavy (non-hydrogen) atoms. The molecule has 1 rings (SSSR count). The van der Waals surface area contributed by atoms with Crippen molar-refractivity contribution >= 4 is 6.21 Å². The van der Waals surface area contributed by atoms with Crippen molar-refractivity contribution < 1.29 is 0 Å². The van der Waals surface area contributed by atoms with Gasteiger partial charge in [0.1, 0.15) is 0 Å². The molecule has 0 aromatic heterocycles. The summed E-state index contributed by atoms with van der Waals surface area (Å²) < 4.78 is 0. The molecule has 0 N–H and O–H groups in total. The van der Waals surface area contributed by atoms with E-state index in [9.17, 15) is 0 Å². The van der Waals surface area contributed by atoms with Crippen LogP contribution in [0.5, 0.6) is 0 Å². The molecule has 0 aromatic rings. The molecule has 1 aliphatic carbocycles. The zero-order valence-corrected chi connectivity index (χ0v) is 5.44. The van der Waals surface area contributed by atoms with Gasteiger partial charge in [-0.2, -0.15) is 0 Å². The van der Waals surface area contributed by atoms with Gasteiger partial charge in [-0.3, -0.25) is 4.99 Å². The van der Waals surface area contributed by atoms with Gasteiger partial charge in [0.25, 0.3) is 0 Å². The molecule has 1 saturated carbocycles. The Morgan fingerprint density at radius 1 is 1.62 bits per heavy atom. The molecule has 0 bridgehead atoms. The first kappa shape index (κ1) is 5.54. The third-order valence-corrected chi connectivity index (χ3v) is 1.33. The molecule has 44 valence electrons. The summed E-state index contributed by atoms with van der Waals surface area (Å²) in [5.41, 5.74) is 2.76. The van der Waals surface area contributed by atoms with Crippen LogP contribution in [0.4, 0.5) is 0 Å². The molecular formula is C7H11N. The molecule has 1 aliphatic rings. The van der Waals surface area contributed by atoms with Crippen LogP contribution in [0.25, 0.3) is 0 Å². The molecule has 0 unspecified atom stereocenters. The van der Waals surface area contributed by atoms with Gasteiger partial charge in [-0.05, 0) is 32.3 Å². The van der Waals surface area contributed by atoms with Gasteiger partial charge in [0.2, 0.25) is 0 Å². The van der Waals surface area contributed by atoms with Crippen molar-refractivity contribution in [1.82, 2.24) is 0 Å². The third-order valence-electron chi connectivity index (χ3n) is 1.33. The number of hydrogen-bond donors (Lipinski definition) is 0. The Morgan fingerprint density at radius 2 is 2.25 bits per heavy atom. The second-order valence-electron chi connectivity index (χ2n) is 2.08. The predicted octanol–water partition coefficient (Wildman–Crippen LogP) is 2.14. The van der Waals surface area contributed by atoms with Gasteiger partial charge in [0.05, 0.1) is 0 Å². The van der Waals surface area contributed by atoms with Crippen LogP contribution in [0.2, 0.25) is 0 Å². The Hall–Kier alpha value is -0.590. The smallest absolute Gasteiger partial charge is 0.0360 e. The Balaban J connectivity index is 2.57. The summed E-state index contributed by atoms with van der Waals surface area (Å²) in [5, 5.41) is 0. The van der Waals surface area contributed by atoms with Crippen LogP contribution >= 0.6 is 0 Å². The third kappa shape index (κ3) is 1.19. The van der Waals surface area contributed by atoms with Crippen LogP contribution in [-0.4, -0.2) is 6.21 Å². The summed E-state index contributed by atoms with van der Waals surface area (Å²) in [7, 11) is 0. The fraction of sp³-hybridized carbons (Fsp3) is 0.571. The molecule has 1 nitrogen and oxygen atoms in total. The van der Waals surface area contributed by atoms with E-state index in [1.54, 1.807) is 0 Å². The van der Waals surface area contributed by atoms with E-state index in [2.05, 4.69) is 11.9 Å². The zero-order chi connectivity index (χ0) is 5.98. The molecule has 1 heteroatoms. The summed E-state index contributed by atoms with van der Waals surface area (Å²) >= 11 is 0. The van der Waals surface area contributed by atoms with Gasteiger partial charge in [0.15, 0.2) is 0 Å². The minimum absolute atomic E-state index is 1.23. The minimum Gasteiger partial charge on any atom is -0.266 e. The molecule has 1 fully saturated rings. The van der Waals surface area contributed by atoms with Crippen LogP contribution in [0.3, 0.4) is 0 Å². The highest BCUT2D eigenvalue weighted by Crippen LogP contribution is 2.31. The normalized spacial score (nSPS) is 17.5. The highest BCUT2D eigenvalue weighted by atomic mass is 14.7. The largest absolute Gasteiger partial charge is 0.266 e. The second kappa shape index (κ2) is 2.12. The quantitative estimate of drug-likeness (QED) is 0.457. The summed E-state index contributed by atoms with van der Waals surface area (Å²) in [4.78, 5) is 4.14. The van der Waals surface area contributed by atoms with Gasteiger partial charge < -0.3 is 0 Å². The number of hydrogen-bond acceptors (Lipinski definition) is 1. The van der Waals surface area contributed by atoms with E-state index in [0.29, 0.717) is 0 Å². The van der Waals surface area contributed by atoms with Crippen molar-refractivity contribution in [1.29, 1.82) is 0 Å². The monoisotopic (exact) mass is 109 g/mol. The van der Waals surface area contributed by atoms with Crippen molar-refractivity contribution in [3.05, 3.63) is 11.3 Å². The van der Waals surface area contributed by atoms with E-state index in [-0.39, 0.29) is 0 Å². The lowest BCUT2D eigenvalue weighted by molar-refractivity contribution is 1.29. The molecule has 0 radical (unpaired) electrons. The Kier molecular flexibility index (Phi) is 1.47. The van der Waals surface area contributed by atoms with E-state index in [1.165, 1.54) is 24.1 Å². The van der Waals surface area contributed by atoms with Gasteiger partial charge in [-0.15, -0.1) is 0 Å². The molecule has 0 heterocycles. The molecule has 0 atom stereocenters. The van der Waals surface area contributed by atoms with Gasteiger partial charge in [0, 0.05) is 11.9 Å². The number of nitrogens with zero attached hydrogens (tertiary/aromatic N) is 1. The molecule has 0 aromatic carbocycles. The Labute approximate surface area is 50.1 Å². The van der Waals surface area contributed by atoms with Crippen LogP contribution in [0, 0.1) is 0 Å². The second-order valence-corrected chi connectivity index (χ2v) is 2.08. The molecular weight excluding hydrogens is 98.1 g/mol. The summed E-state index contributed by atoms with van der Waals surface area (Å²) in [6, 6.07) is 0. The lowest BCUT2D eigenvalue weighted by atomic mass is 10.4. The SMILES string of the molecule is CC=NC(C)=C1CC1. The first-order chi connectivity index (χ1) is 3.84. The average Bonchev–Trinajstić information content (AvgIpc) is 2.45. The lowest BCUT2D eigenvalue weighted by Gasteiger charge is -1.83. The summed E-state index contributed by atoms with van der Waals surface area (Å²) in [5.74, 6) is 0. The highest BCUT2D eigenvalue weighted by Gasteiger charge is 2.13. The van der Waals surface area contributed by atoms with E-state index >= 15 is 0 Å². The Bertz CT molecular complexity index is 136. The van der Waals surface area contributed by atoms with Crippen molar-refractivity contribution in [2.24, 2.45) is 4.99 Å². The predicted molar refractivity (Wildman–Crippen MR) is 36.1 cm³/mol. The maximum atomic E-state index is 4.14. The van der Waals surface area contributed by atoms with Crippen LogP contribution in [-0.2, 0) is 0 Å². The summed E-state index contributed by atoms with van der Waals surface area (Å²) in [6.07, 6.45) is 4.41. The maximum absolute atomic E-state index is 4.14. The van der Waals surface area contributed by atoms with Gasteiger partial charge >= 0.3 is 0 Å². The lowest BCUT2D eigenvalue weighted by Crippen LogP contribution is -1.66. The molecule has 0 saturated heterocycles. The molecule has 0 aliphatic heterocycles.